The van der Waals surface area contributed by atoms with Gasteiger partial charge in [-0.1, -0.05) is 26.7 Å². The fraction of sp³-hybridized carbons (Fsp3) is 0.545. The summed E-state index contributed by atoms with van der Waals surface area (Å²) in [5.41, 5.74) is 0.972. The van der Waals surface area contributed by atoms with Gasteiger partial charge in [0.15, 0.2) is 5.13 Å². The number of rotatable bonds is 5. The van der Waals surface area contributed by atoms with E-state index in [1.807, 2.05) is 0 Å². The first-order valence-electron chi connectivity index (χ1n) is 5.61. The number of hydrogen-bond acceptors (Lipinski definition) is 4. The van der Waals surface area contributed by atoms with Gasteiger partial charge in [-0.2, -0.15) is 0 Å². The normalized spacial score (nSPS) is 10.2. The van der Waals surface area contributed by atoms with E-state index >= 15 is 0 Å². The first kappa shape index (κ1) is 13.6. The number of carboxylic acid groups (broad SMARTS) is 1. The highest BCUT2D eigenvalue weighted by atomic mass is 32.1. The number of carbonyl (C=O) groups is 2. The number of nitrogens with one attached hydrogen (secondary N) is 1. The Balaban J connectivity index is 2.83. The molecule has 2 N–H and O–H groups in total. The van der Waals surface area contributed by atoms with Crippen LogP contribution in [0.1, 0.15) is 37.3 Å². The van der Waals surface area contributed by atoms with E-state index < -0.39 is 11.9 Å². The fourth-order valence-electron chi connectivity index (χ4n) is 1.44. The first-order valence-corrected chi connectivity index (χ1v) is 6.43. The quantitative estimate of drug-likeness (QED) is 0.790. The molecule has 0 fully saturated rings. The van der Waals surface area contributed by atoms with Crippen LogP contribution in [-0.2, 0) is 22.4 Å². The number of amides is 1. The number of aryl methyl sites for hydroxylation is 2. The maximum atomic E-state index is 11.0. The molecule has 5 nitrogen and oxygen atoms in total. The number of hydrogen-bond donors (Lipinski definition) is 2. The number of aromatic nitrogens is 1. The molecule has 1 aromatic heterocycles. The number of carboxylic acids is 1. The predicted octanol–water partition coefficient (Wildman–Crippen LogP) is 2.07. The third-order valence-electron chi connectivity index (χ3n) is 2.16. The SMILES string of the molecule is CCCc1nc(NC(=O)C(=O)O)sc1CCC. The zero-order valence-electron chi connectivity index (χ0n) is 9.95. The van der Waals surface area contributed by atoms with Gasteiger partial charge in [0.25, 0.3) is 0 Å². The standard InChI is InChI=1S/C11H16N2O3S/c1-3-5-7-8(6-4-2)17-11(12-7)13-9(14)10(15)16/h3-6H2,1-2H3,(H,15,16)(H,12,13,14). The van der Waals surface area contributed by atoms with Gasteiger partial charge in [0.05, 0.1) is 5.69 Å². The lowest BCUT2D eigenvalue weighted by atomic mass is 10.2. The molecule has 1 heterocycles. The molecule has 0 bridgehead atoms. The van der Waals surface area contributed by atoms with E-state index in [0.717, 1.165) is 36.3 Å². The molecule has 1 amide bonds. The summed E-state index contributed by atoms with van der Waals surface area (Å²) in [6.07, 6.45) is 3.75. The molecular formula is C11H16N2O3S. The average Bonchev–Trinajstić information content (AvgIpc) is 2.62. The molecule has 0 saturated heterocycles. The minimum absolute atomic E-state index is 0.379. The Kier molecular flexibility index (Phi) is 5.09. The Bertz CT molecular complexity index is 391. The smallest absolute Gasteiger partial charge is 0.394 e. The monoisotopic (exact) mass is 256 g/mol. The molecule has 0 unspecified atom stereocenters. The predicted molar refractivity (Wildman–Crippen MR) is 66.4 cm³/mol. The molecule has 0 atom stereocenters. The molecule has 6 heteroatoms. The zero-order chi connectivity index (χ0) is 12.8. The van der Waals surface area contributed by atoms with Crippen molar-refractivity contribution in [2.45, 2.75) is 39.5 Å². The fourth-order valence-corrected chi connectivity index (χ4v) is 2.55. The lowest BCUT2D eigenvalue weighted by molar-refractivity contribution is -0.147. The van der Waals surface area contributed by atoms with E-state index in [2.05, 4.69) is 24.1 Å². The van der Waals surface area contributed by atoms with Crippen LogP contribution in [0.3, 0.4) is 0 Å². The van der Waals surface area contributed by atoms with Gasteiger partial charge in [0.2, 0.25) is 0 Å². The highest BCUT2D eigenvalue weighted by Crippen LogP contribution is 2.25. The van der Waals surface area contributed by atoms with Crippen molar-refractivity contribution in [1.82, 2.24) is 4.98 Å². The van der Waals surface area contributed by atoms with E-state index in [1.165, 1.54) is 11.3 Å². The molecular weight excluding hydrogens is 240 g/mol. The summed E-state index contributed by atoms with van der Waals surface area (Å²) in [5.74, 6) is -2.53. The second kappa shape index (κ2) is 6.34. The minimum Gasteiger partial charge on any atom is -0.474 e. The zero-order valence-corrected chi connectivity index (χ0v) is 10.8. The van der Waals surface area contributed by atoms with Crippen LogP contribution in [0.4, 0.5) is 5.13 Å². The van der Waals surface area contributed by atoms with Crippen LogP contribution in [0.5, 0.6) is 0 Å². The van der Waals surface area contributed by atoms with E-state index in [0.29, 0.717) is 5.13 Å². The maximum absolute atomic E-state index is 11.0. The molecule has 0 saturated carbocycles. The largest absolute Gasteiger partial charge is 0.474 e. The third kappa shape index (κ3) is 3.81. The molecule has 1 rings (SSSR count). The number of aliphatic carboxylic acids is 1. The van der Waals surface area contributed by atoms with Crippen molar-refractivity contribution in [1.29, 1.82) is 0 Å². The summed E-state index contributed by atoms with van der Waals surface area (Å²) in [5, 5.41) is 11.2. The van der Waals surface area contributed by atoms with Crippen LogP contribution in [0.15, 0.2) is 0 Å². The summed E-state index contributed by atoms with van der Waals surface area (Å²) in [4.78, 5) is 26.8. The Morgan fingerprint density at radius 1 is 1.29 bits per heavy atom. The Labute approximate surface area is 104 Å². The van der Waals surface area contributed by atoms with Crippen LogP contribution in [0, 0.1) is 0 Å². The van der Waals surface area contributed by atoms with E-state index in [4.69, 9.17) is 5.11 Å². The molecule has 0 radical (unpaired) electrons. The summed E-state index contributed by atoms with van der Waals surface area (Å²) >= 11 is 1.36. The van der Waals surface area contributed by atoms with Gasteiger partial charge in [-0.25, -0.2) is 9.78 Å². The Morgan fingerprint density at radius 3 is 2.47 bits per heavy atom. The van der Waals surface area contributed by atoms with Gasteiger partial charge in [-0.15, -0.1) is 11.3 Å². The maximum Gasteiger partial charge on any atom is 0.394 e. The molecule has 17 heavy (non-hydrogen) atoms. The Hall–Kier alpha value is -1.43. The second-order valence-electron chi connectivity index (χ2n) is 3.65. The molecule has 0 aliphatic heterocycles. The van der Waals surface area contributed by atoms with Crippen molar-refractivity contribution in [2.24, 2.45) is 0 Å². The van der Waals surface area contributed by atoms with Gasteiger partial charge in [0.1, 0.15) is 0 Å². The minimum atomic E-state index is -1.49. The van der Waals surface area contributed by atoms with E-state index in [1.54, 1.807) is 0 Å². The number of thiazole rings is 1. The second-order valence-corrected chi connectivity index (χ2v) is 4.73. The third-order valence-corrected chi connectivity index (χ3v) is 3.23. The van der Waals surface area contributed by atoms with Gasteiger partial charge in [-0.3, -0.25) is 10.1 Å². The van der Waals surface area contributed by atoms with Crippen molar-refractivity contribution >= 4 is 28.3 Å². The molecule has 94 valence electrons. The summed E-state index contributed by atoms with van der Waals surface area (Å²) < 4.78 is 0. The summed E-state index contributed by atoms with van der Waals surface area (Å²) in [7, 11) is 0. The molecule has 0 aliphatic rings. The van der Waals surface area contributed by atoms with Crippen LogP contribution >= 0.6 is 11.3 Å². The van der Waals surface area contributed by atoms with Crippen molar-refractivity contribution in [3.63, 3.8) is 0 Å². The van der Waals surface area contributed by atoms with Gasteiger partial charge in [0, 0.05) is 4.88 Å². The molecule has 1 aromatic rings. The van der Waals surface area contributed by atoms with Crippen molar-refractivity contribution in [3.05, 3.63) is 10.6 Å². The van der Waals surface area contributed by atoms with Crippen LogP contribution < -0.4 is 5.32 Å². The summed E-state index contributed by atoms with van der Waals surface area (Å²) in [6.45, 7) is 4.13. The Morgan fingerprint density at radius 2 is 1.94 bits per heavy atom. The number of carbonyl (C=O) groups excluding carboxylic acids is 1. The highest BCUT2D eigenvalue weighted by molar-refractivity contribution is 7.16. The highest BCUT2D eigenvalue weighted by Gasteiger charge is 2.16. The van der Waals surface area contributed by atoms with Crippen LogP contribution in [0.2, 0.25) is 0 Å². The van der Waals surface area contributed by atoms with Crippen molar-refractivity contribution < 1.29 is 14.7 Å². The summed E-state index contributed by atoms with van der Waals surface area (Å²) in [6, 6.07) is 0. The number of anilines is 1. The lowest BCUT2D eigenvalue weighted by Gasteiger charge is -1.96. The average molecular weight is 256 g/mol. The van der Waals surface area contributed by atoms with Crippen LogP contribution in [0.25, 0.3) is 0 Å². The first-order chi connectivity index (χ1) is 8.08. The van der Waals surface area contributed by atoms with Crippen molar-refractivity contribution in [2.75, 3.05) is 5.32 Å². The topological polar surface area (TPSA) is 79.3 Å². The van der Waals surface area contributed by atoms with Gasteiger partial charge < -0.3 is 5.11 Å². The lowest BCUT2D eigenvalue weighted by Crippen LogP contribution is -2.21. The molecule has 0 aliphatic carbocycles. The molecule has 0 spiro atoms. The van der Waals surface area contributed by atoms with Gasteiger partial charge in [-0.05, 0) is 12.8 Å². The molecule has 0 aromatic carbocycles. The van der Waals surface area contributed by atoms with Gasteiger partial charge >= 0.3 is 11.9 Å². The van der Waals surface area contributed by atoms with E-state index in [9.17, 15) is 9.59 Å². The number of nitrogens with zero attached hydrogens (tertiary/aromatic N) is 1. The van der Waals surface area contributed by atoms with Crippen LogP contribution in [-0.4, -0.2) is 22.0 Å². The van der Waals surface area contributed by atoms with E-state index in [-0.39, 0.29) is 0 Å². The van der Waals surface area contributed by atoms with Crippen molar-refractivity contribution in [3.8, 4) is 0 Å².